The second-order valence-electron chi connectivity index (χ2n) is 10.3. The van der Waals surface area contributed by atoms with Gasteiger partial charge in [0.2, 0.25) is 11.8 Å². The molecule has 1 aliphatic heterocycles. The minimum absolute atomic E-state index is 0.0512. The van der Waals surface area contributed by atoms with E-state index in [2.05, 4.69) is 22.0 Å². The average Bonchev–Trinajstić information content (AvgIpc) is 3.45. The Balaban J connectivity index is 1.15. The second kappa shape index (κ2) is 10.1. The first-order chi connectivity index (χ1) is 18.9. The van der Waals surface area contributed by atoms with Gasteiger partial charge in [0.05, 0.1) is 17.3 Å². The van der Waals surface area contributed by atoms with Gasteiger partial charge in [-0.3, -0.25) is 14.5 Å². The van der Waals surface area contributed by atoms with Crippen molar-refractivity contribution in [3.63, 3.8) is 0 Å². The number of amides is 1. The number of hydrogen-bond donors (Lipinski definition) is 0. The van der Waals surface area contributed by atoms with Crippen molar-refractivity contribution in [2.45, 2.75) is 19.4 Å². The predicted molar refractivity (Wildman–Crippen MR) is 153 cm³/mol. The minimum atomic E-state index is -0.125. The Morgan fingerprint density at radius 3 is 2.69 bits per heavy atom. The number of aryl methyl sites for hydroxylation is 1. The summed E-state index contributed by atoms with van der Waals surface area (Å²) in [5.74, 6) is 0.719. The maximum absolute atomic E-state index is 12.5. The molecule has 0 unspecified atom stereocenters. The van der Waals surface area contributed by atoms with Gasteiger partial charge in [0, 0.05) is 74.3 Å². The Labute approximate surface area is 227 Å². The van der Waals surface area contributed by atoms with E-state index in [0.29, 0.717) is 25.5 Å². The molecule has 1 amide bonds. The molecule has 2 aliphatic rings. The number of pyridine rings is 3. The zero-order valence-electron chi connectivity index (χ0n) is 22.4. The van der Waals surface area contributed by atoms with Crippen molar-refractivity contribution < 1.29 is 9.53 Å². The lowest BCUT2D eigenvalue weighted by molar-refractivity contribution is -0.139. The monoisotopic (exact) mass is 521 g/mol. The Kier molecular flexibility index (Phi) is 6.48. The second-order valence-corrected chi connectivity index (χ2v) is 10.3. The van der Waals surface area contributed by atoms with Crippen LogP contribution in [-0.2, 0) is 18.3 Å². The third-order valence-corrected chi connectivity index (χ3v) is 7.79. The number of hydrogen-bond acceptors (Lipinski definition) is 6. The van der Waals surface area contributed by atoms with Gasteiger partial charge in [-0.1, -0.05) is 24.3 Å². The van der Waals surface area contributed by atoms with E-state index in [-0.39, 0.29) is 17.5 Å². The van der Waals surface area contributed by atoms with Crippen molar-refractivity contribution in [3.8, 4) is 28.3 Å². The van der Waals surface area contributed by atoms with Gasteiger partial charge in [-0.25, -0.2) is 9.97 Å². The summed E-state index contributed by atoms with van der Waals surface area (Å²) >= 11 is 0. The standard InChI is InChI=1S/C31H31N5O3/c1-20-30(37)34(2)13-14-36(20)15-16-39-29-12-9-23(18-32-29)21-7-10-27-22(17-21)8-11-28(33-27)26-19-35(3)31(38)25-6-4-5-24(25)26/h4-5,7-12,17-20H,6,13-16H2,1-3H3/t20-/m1/s1. The van der Waals surface area contributed by atoms with E-state index in [1.54, 1.807) is 16.5 Å². The van der Waals surface area contributed by atoms with Gasteiger partial charge in [0.25, 0.3) is 5.56 Å². The Bertz CT molecular complexity index is 1660. The fourth-order valence-corrected chi connectivity index (χ4v) is 5.42. The molecule has 0 radical (unpaired) electrons. The molecule has 1 fully saturated rings. The van der Waals surface area contributed by atoms with Crippen LogP contribution in [0.15, 0.2) is 65.7 Å². The predicted octanol–water partition coefficient (Wildman–Crippen LogP) is 3.77. The van der Waals surface area contributed by atoms with Crippen LogP contribution in [0.25, 0.3) is 39.4 Å². The molecule has 4 heterocycles. The average molecular weight is 522 g/mol. The maximum Gasteiger partial charge on any atom is 0.254 e. The quantitative estimate of drug-likeness (QED) is 0.384. The van der Waals surface area contributed by atoms with Crippen LogP contribution in [0.5, 0.6) is 5.88 Å². The molecular weight excluding hydrogens is 490 g/mol. The number of rotatable bonds is 6. The summed E-state index contributed by atoms with van der Waals surface area (Å²) in [5.41, 5.74) is 6.62. The van der Waals surface area contributed by atoms with Crippen molar-refractivity contribution in [1.82, 2.24) is 24.3 Å². The smallest absolute Gasteiger partial charge is 0.254 e. The van der Waals surface area contributed by atoms with E-state index in [1.807, 2.05) is 68.8 Å². The molecular formula is C31H31N5O3. The molecule has 198 valence electrons. The number of carbonyl (C=O) groups excluding carboxylic acids is 1. The Hall–Kier alpha value is -4.30. The summed E-state index contributed by atoms with van der Waals surface area (Å²) in [4.78, 5) is 38.0. The molecule has 3 aromatic heterocycles. The van der Waals surface area contributed by atoms with E-state index in [1.165, 1.54) is 0 Å². The van der Waals surface area contributed by atoms with Gasteiger partial charge in [0.1, 0.15) is 6.61 Å². The normalized spacial score (nSPS) is 17.2. The zero-order chi connectivity index (χ0) is 27.1. The van der Waals surface area contributed by atoms with Gasteiger partial charge in [-0.05, 0) is 48.7 Å². The lowest BCUT2D eigenvalue weighted by atomic mass is 10.0. The third-order valence-electron chi connectivity index (χ3n) is 7.79. The number of ether oxygens (including phenoxy) is 1. The Morgan fingerprint density at radius 1 is 1.03 bits per heavy atom. The number of piperazine rings is 1. The van der Waals surface area contributed by atoms with Crippen LogP contribution in [0.4, 0.5) is 0 Å². The largest absolute Gasteiger partial charge is 0.476 e. The number of aromatic nitrogens is 3. The summed E-state index contributed by atoms with van der Waals surface area (Å²) < 4.78 is 7.51. The number of allylic oxidation sites excluding steroid dienone is 1. The molecule has 0 spiro atoms. The van der Waals surface area contributed by atoms with Crippen LogP contribution in [0.2, 0.25) is 0 Å². The summed E-state index contributed by atoms with van der Waals surface area (Å²) in [6.07, 6.45) is 8.42. The highest BCUT2D eigenvalue weighted by molar-refractivity contribution is 5.87. The molecule has 4 aromatic rings. The van der Waals surface area contributed by atoms with Gasteiger partial charge in [-0.2, -0.15) is 0 Å². The molecule has 1 saturated heterocycles. The third kappa shape index (κ3) is 4.72. The van der Waals surface area contributed by atoms with Crippen LogP contribution in [0.1, 0.15) is 18.1 Å². The van der Waals surface area contributed by atoms with Crippen LogP contribution >= 0.6 is 0 Å². The van der Waals surface area contributed by atoms with Gasteiger partial charge < -0.3 is 14.2 Å². The number of carbonyl (C=O) groups is 1. The number of fused-ring (bicyclic) bond motifs is 2. The molecule has 0 saturated carbocycles. The van der Waals surface area contributed by atoms with Crippen LogP contribution in [-0.4, -0.2) is 69.6 Å². The highest BCUT2D eigenvalue weighted by Gasteiger charge is 2.28. The maximum atomic E-state index is 12.5. The van der Waals surface area contributed by atoms with Crippen molar-refractivity contribution in [2.24, 2.45) is 7.05 Å². The highest BCUT2D eigenvalue weighted by Crippen LogP contribution is 2.31. The van der Waals surface area contributed by atoms with E-state index in [0.717, 1.165) is 57.5 Å². The van der Waals surface area contributed by atoms with Crippen molar-refractivity contribution in [2.75, 3.05) is 33.3 Å². The molecule has 0 bridgehead atoms. The summed E-state index contributed by atoms with van der Waals surface area (Å²) in [6, 6.07) is 14.0. The lowest BCUT2D eigenvalue weighted by Crippen LogP contribution is -2.55. The first-order valence-electron chi connectivity index (χ1n) is 13.3. The summed E-state index contributed by atoms with van der Waals surface area (Å²) in [7, 11) is 3.64. The SMILES string of the molecule is C[C@@H]1C(=O)N(C)CCN1CCOc1ccc(-c2ccc3nc(-c4cn(C)c(=O)c5c4C=CC5)ccc3c2)cn1. The highest BCUT2D eigenvalue weighted by atomic mass is 16.5. The van der Waals surface area contributed by atoms with Crippen molar-refractivity contribution in [3.05, 3.63) is 82.4 Å². The first-order valence-corrected chi connectivity index (χ1v) is 13.3. The molecule has 1 aliphatic carbocycles. The lowest BCUT2D eigenvalue weighted by Gasteiger charge is -2.37. The first kappa shape index (κ1) is 25.0. The number of likely N-dealkylation sites (N-methyl/N-ethyl adjacent to an activating group) is 1. The molecule has 1 aromatic carbocycles. The topological polar surface area (TPSA) is 80.6 Å². The molecule has 8 heteroatoms. The minimum Gasteiger partial charge on any atom is -0.476 e. The van der Waals surface area contributed by atoms with E-state index in [9.17, 15) is 9.59 Å². The van der Waals surface area contributed by atoms with E-state index >= 15 is 0 Å². The van der Waals surface area contributed by atoms with Crippen molar-refractivity contribution in [1.29, 1.82) is 0 Å². The fraction of sp³-hybridized carbons (Fsp3) is 0.290. The number of benzene rings is 1. The number of nitrogens with zero attached hydrogens (tertiary/aromatic N) is 5. The van der Waals surface area contributed by atoms with Gasteiger partial charge in [0.15, 0.2) is 0 Å². The fourth-order valence-electron chi connectivity index (χ4n) is 5.42. The Morgan fingerprint density at radius 2 is 1.87 bits per heavy atom. The van der Waals surface area contributed by atoms with Gasteiger partial charge >= 0.3 is 0 Å². The van der Waals surface area contributed by atoms with E-state index < -0.39 is 0 Å². The molecule has 39 heavy (non-hydrogen) atoms. The van der Waals surface area contributed by atoms with Crippen molar-refractivity contribution >= 4 is 22.9 Å². The van der Waals surface area contributed by atoms with Crippen LogP contribution < -0.4 is 10.3 Å². The zero-order valence-corrected chi connectivity index (χ0v) is 22.4. The molecule has 8 nitrogen and oxygen atoms in total. The molecule has 6 rings (SSSR count). The van der Waals surface area contributed by atoms with Gasteiger partial charge in [-0.15, -0.1) is 0 Å². The summed E-state index contributed by atoms with van der Waals surface area (Å²) in [5, 5.41) is 1.03. The van der Waals surface area contributed by atoms with Crippen LogP contribution in [0.3, 0.4) is 0 Å². The molecule has 1 atom stereocenters. The van der Waals surface area contributed by atoms with E-state index in [4.69, 9.17) is 9.72 Å². The summed E-state index contributed by atoms with van der Waals surface area (Å²) in [6.45, 7) is 4.70. The van der Waals surface area contributed by atoms with Crippen LogP contribution in [0, 0.1) is 0 Å². The molecule has 0 N–H and O–H groups in total.